The first-order chi connectivity index (χ1) is 8.90. The van der Waals surface area contributed by atoms with Gasteiger partial charge in [-0.05, 0) is 19.9 Å². The molecule has 7 heteroatoms. The summed E-state index contributed by atoms with van der Waals surface area (Å²) in [7, 11) is 0. The summed E-state index contributed by atoms with van der Waals surface area (Å²) in [6, 6.07) is 2.29. The molecule has 2 amide bonds. The number of hydrogen-bond donors (Lipinski definition) is 3. The van der Waals surface area contributed by atoms with Crippen molar-refractivity contribution in [2.24, 2.45) is 16.0 Å². The van der Waals surface area contributed by atoms with E-state index in [1.807, 2.05) is 18.7 Å². The van der Waals surface area contributed by atoms with E-state index in [1.54, 1.807) is 0 Å². The smallest absolute Gasteiger partial charge is 0.356 e. The van der Waals surface area contributed by atoms with Gasteiger partial charge in [-0.2, -0.15) is 0 Å². The molecule has 0 bridgehead atoms. The van der Waals surface area contributed by atoms with Crippen molar-refractivity contribution in [3.63, 3.8) is 0 Å². The first-order valence-corrected chi connectivity index (χ1v) is 5.93. The summed E-state index contributed by atoms with van der Waals surface area (Å²) in [6.45, 7) is 4.46. The molecule has 0 fully saturated rings. The molecule has 0 spiro atoms. The number of nitrogens with zero attached hydrogens (tertiary/aromatic N) is 3. The summed E-state index contributed by atoms with van der Waals surface area (Å²) < 4.78 is 0. The lowest BCUT2D eigenvalue weighted by atomic mass is 10.1. The van der Waals surface area contributed by atoms with Gasteiger partial charge in [-0.3, -0.25) is 0 Å². The number of fused-ring (bicyclic) bond motifs is 1. The van der Waals surface area contributed by atoms with Crippen molar-refractivity contribution in [1.29, 1.82) is 0 Å². The Bertz CT molecular complexity index is 542. The Hall–Kier alpha value is -2.15. The third-order valence-corrected chi connectivity index (χ3v) is 3.04. The molecule has 0 radical (unpaired) electrons. The number of primary amides is 1. The number of anilines is 1. The van der Waals surface area contributed by atoms with E-state index >= 15 is 0 Å². The monoisotopic (exact) mass is 264 g/mol. The highest BCUT2D eigenvalue weighted by Gasteiger charge is 2.30. The van der Waals surface area contributed by atoms with Crippen LogP contribution in [0.3, 0.4) is 0 Å². The van der Waals surface area contributed by atoms with Gasteiger partial charge >= 0.3 is 6.03 Å². The molecule has 19 heavy (non-hydrogen) atoms. The molecule has 0 unspecified atom stereocenters. The zero-order chi connectivity index (χ0) is 14.2. The first kappa shape index (κ1) is 13.3. The Balaban J connectivity index is 2.44. The fourth-order valence-electron chi connectivity index (χ4n) is 2.15. The minimum atomic E-state index is -0.941. The molecule has 102 valence electrons. The predicted octanol–water partition coefficient (Wildman–Crippen LogP) is 1.82. The lowest BCUT2D eigenvalue weighted by molar-refractivity contribution is 0.193. The molecule has 1 aliphatic rings. The fourth-order valence-corrected chi connectivity index (χ4v) is 2.15. The molecule has 0 saturated carbocycles. The molecule has 1 heterocycles. The second-order valence-electron chi connectivity index (χ2n) is 4.70. The minimum Gasteiger partial charge on any atom is -0.506 e. The topological polar surface area (TPSA) is 112 Å². The quantitative estimate of drug-likeness (QED) is 0.707. The maximum absolute atomic E-state index is 10.5. The van der Waals surface area contributed by atoms with Gasteiger partial charge in [-0.1, -0.05) is 5.11 Å². The van der Waals surface area contributed by atoms with E-state index in [-0.39, 0.29) is 17.5 Å². The molecule has 1 aromatic carbocycles. The van der Waals surface area contributed by atoms with E-state index in [9.17, 15) is 15.0 Å². The van der Waals surface area contributed by atoms with Crippen LogP contribution in [-0.2, 0) is 0 Å². The number of urea groups is 1. The molecular formula is C12H16N4O3. The molecule has 1 aromatic rings. The van der Waals surface area contributed by atoms with Crippen molar-refractivity contribution in [2.45, 2.75) is 26.0 Å². The Kier molecular flexibility index (Phi) is 3.39. The third-order valence-electron chi connectivity index (χ3n) is 3.04. The Morgan fingerprint density at radius 3 is 2.79 bits per heavy atom. The number of carbonyl (C=O) groups excluding carboxylic acids is 1. The van der Waals surface area contributed by atoms with Crippen LogP contribution in [0.15, 0.2) is 22.4 Å². The van der Waals surface area contributed by atoms with Gasteiger partial charge in [-0.15, -0.1) is 5.11 Å². The molecule has 0 aromatic heterocycles. The van der Waals surface area contributed by atoms with Crippen LogP contribution in [-0.4, -0.2) is 28.8 Å². The molecule has 0 aliphatic carbocycles. The number of aromatic hydroxyl groups is 1. The van der Waals surface area contributed by atoms with Crippen LogP contribution < -0.4 is 10.6 Å². The Morgan fingerprint density at radius 1 is 1.53 bits per heavy atom. The number of hydrogen-bond acceptors (Lipinski definition) is 5. The molecule has 0 saturated heterocycles. The summed E-state index contributed by atoms with van der Waals surface area (Å²) in [5, 5.41) is 26.6. The maximum atomic E-state index is 10.5. The number of aliphatic hydroxyl groups is 1. The van der Waals surface area contributed by atoms with Gasteiger partial charge in [0.05, 0.1) is 6.10 Å². The summed E-state index contributed by atoms with van der Waals surface area (Å²) in [4.78, 5) is 12.5. The van der Waals surface area contributed by atoms with E-state index in [2.05, 4.69) is 10.2 Å². The van der Waals surface area contributed by atoms with Gasteiger partial charge in [0.15, 0.2) is 0 Å². The lowest BCUT2D eigenvalue weighted by Crippen LogP contribution is -2.29. The summed E-state index contributed by atoms with van der Waals surface area (Å²) in [5.41, 5.74) is 6.39. The number of rotatable bonds is 2. The second kappa shape index (κ2) is 4.85. The highest BCUT2D eigenvalue weighted by atomic mass is 16.3. The summed E-state index contributed by atoms with van der Waals surface area (Å²) >= 11 is 0. The summed E-state index contributed by atoms with van der Waals surface area (Å²) in [6.07, 6.45) is -0.652. The number of amides is 2. The van der Waals surface area contributed by atoms with Crippen molar-refractivity contribution in [3.05, 3.63) is 17.7 Å². The number of nitrogens with two attached hydrogens (primary N) is 1. The van der Waals surface area contributed by atoms with Crippen molar-refractivity contribution in [3.8, 4) is 5.75 Å². The molecule has 7 nitrogen and oxygen atoms in total. The van der Waals surface area contributed by atoms with Crippen LogP contribution >= 0.6 is 0 Å². The van der Waals surface area contributed by atoms with Crippen LogP contribution in [0.4, 0.5) is 16.2 Å². The molecular weight excluding hydrogens is 248 g/mol. The molecule has 1 aliphatic heterocycles. The van der Waals surface area contributed by atoms with Gasteiger partial charge in [0.1, 0.15) is 11.4 Å². The number of phenolic OH excluding ortho intramolecular Hbond substituents is 1. The Labute approximate surface area is 110 Å². The first-order valence-electron chi connectivity index (χ1n) is 5.93. The van der Waals surface area contributed by atoms with E-state index < -0.39 is 12.1 Å². The van der Waals surface area contributed by atoms with Crippen LogP contribution in [0.2, 0.25) is 0 Å². The second-order valence-corrected chi connectivity index (χ2v) is 4.70. The number of azo groups is 1. The van der Waals surface area contributed by atoms with Crippen LogP contribution in [0.5, 0.6) is 5.75 Å². The lowest BCUT2D eigenvalue weighted by Gasteiger charge is -2.24. The highest BCUT2D eigenvalue weighted by molar-refractivity contribution is 5.73. The van der Waals surface area contributed by atoms with Crippen LogP contribution in [0.1, 0.15) is 25.5 Å². The van der Waals surface area contributed by atoms with Gasteiger partial charge < -0.3 is 20.8 Å². The average Bonchev–Trinajstić information content (AvgIpc) is 2.63. The number of phenols is 1. The number of carbonyl (C=O) groups is 1. The predicted molar refractivity (Wildman–Crippen MR) is 69.6 cm³/mol. The zero-order valence-corrected chi connectivity index (χ0v) is 10.7. The van der Waals surface area contributed by atoms with E-state index in [4.69, 9.17) is 5.73 Å². The maximum Gasteiger partial charge on any atom is 0.356 e. The zero-order valence-electron chi connectivity index (χ0n) is 10.7. The van der Waals surface area contributed by atoms with E-state index in [1.165, 1.54) is 12.1 Å². The minimum absolute atomic E-state index is 0.108. The third kappa shape index (κ3) is 2.50. The Morgan fingerprint density at radius 2 is 2.21 bits per heavy atom. The van der Waals surface area contributed by atoms with Gasteiger partial charge in [-0.25, -0.2) is 4.79 Å². The molecule has 4 N–H and O–H groups in total. The molecule has 1 atom stereocenters. The van der Waals surface area contributed by atoms with Crippen molar-refractivity contribution < 1.29 is 15.0 Å². The highest BCUT2D eigenvalue weighted by Crippen LogP contribution is 2.42. The standard InChI is InChI=1S/C12H16N4O3/c1-6(2)16-5-11(18)7-3-8(14-15-12(13)19)10(17)4-9(7)16/h3-4,6,11,17-18H,5H2,1-2H3,(H2,13,19)/t11-/m0/s1. The average molecular weight is 264 g/mol. The molecule has 2 rings (SSSR count). The normalized spacial score (nSPS) is 18.3. The van der Waals surface area contributed by atoms with Crippen LogP contribution in [0.25, 0.3) is 0 Å². The summed E-state index contributed by atoms with van der Waals surface area (Å²) in [5.74, 6) is -0.108. The van der Waals surface area contributed by atoms with Crippen molar-refractivity contribution in [1.82, 2.24) is 0 Å². The SMILES string of the molecule is CC(C)N1C[C@H](O)c2cc(N=NC(N)=O)c(O)cc21. The van der Waals surface area contributed by atoms with Crippen LogP contribution in [0, 0.1) is 0 Å². The van der Waals surface area contributed by atoms with E-state index in [0.717, 1.165) is 5.69 Å². The van der Waals surface area contributed by atoms with Gasteiger partial charge in [0.25, 0.3) is 0 Å². The van der Waals surface area contributed by atoms with Gasteiger partial charge in [0.2, 0.25) is 0 Å². The fraction of sp³-hybridized carbons (Fsp3) is 0.417. The number of aliphatic hydroxyl groups excluding tert-OH is 1. The number of benzene rings is 1. The largest absolute Gasteiger partial charge is 0.506 e. The number of β-amino-alcohol motifs (C(OH)–C–C–N with tert-alkyl or cyclic N) is 1. The van der Waals surface area contributed by atoms with Crippen molar-refractivity contribution >= 4 is 17.4 Å². The van der Waals surface area contributed by atoms with Crippen molar-refractivity contribution in [2.75, 3.05) is 11.4 Å². The van der Waals surface area contributed by atoms with E-state index in [0.29, 0.717) is 12.1 Å². The van der Waals surface area contributed by atoms with Gasteiger partial charge in [0, 0.05) is 29.9 Å².